The van der Waals surface area contributed by atoms with Crippen LogP contribution in [0.5, 0.6) is 0 Å². The number of hydrogen-bond donors (Lipinski definition) is 0. The Balaban J connectivity index is 2.93. The fourth-order valence-electron chi connectivity index (χ4n) is 1.58. The Kier molecular flexibility index (Phi) is 2.15. The average Bonchev–Trinajstić information content (AvgIpc) is 2.42. The zero-order valence-corrected chi connectivity index (χ0v) is 9.50. The molecule has 0 bridgehead atoms. The van der Waals surface area contributed by atoms with Crippen molar-refractivity contribution in [3.05, 3.63) is 34.2 Å². The SMILES string of the molecule is CC(=O)c1c(C)nc2cccc(Br)n12. The number of carbonyl (C=O) groups excluding carboxylic acids is 1. The average molecular weight is 253 g/mol. The van der Waals surface area contributed by atoms with Crippen molar-refractivity contribution in [1.29, 1.82) is 0 Å². The fraction of sp³-hybridized carbons (Fsp3) is 0.200. The van der Waals surface area contributed by atoms with Crippen LogP contribution in [0.25, 0.3) is 5.65 Å². The number of carbonyl (C=O) groups is 1. The molecule has 2 aromatic rings. The number of aryl methyl sites for hydroxylation is 1. The molecule has 0 aliphatic rings. The molecule has 0 spiro atoms. The van der Waals surface area contributed by atoms with Crippen molar-refractivity contribution in [1.82, 2.24) is 9.38 Å². The molecule has 0 saturated heterocycles. The van der Waals surface area contributed by atoms with Gasteiger partial charge in [-0.2, -0.15) is 0 Å². The Labute approximate surface area is 89.9 Å². The highest BCUT2D eigenvalue weighted by Gasteiger charge is 2.13. The summed E-state index contributed by atoms with van der Waals surface area (Å²) in [5.41, 5.74) is 2.21. The number of rotatable bonds is 1. The number of fused-ring (bicyclic) bond motifs is 1. The van der Waals surface area contributed by atoms with Gasteiger partial charge in [-0.15, -0.1) is 0 Å². The number of ketones is 1. The van der Waals surface area contributed by atoms with E-state index in [1.54, 1.807) is 6.92 Å². The van der Waals surface area contributed by atoms with E-state index >= 15 is 0 Å². The summed E-state index contributed by atoms with van der Waals surface area (Å²) in [6.07, 6.45) is 0. The van der Waals surface area contributed by atoms with Gasteiger partial charge in [-0.1, -0.05) is 6.07 Å². The molecule has 0 aromatic carbocycles. The second kappa shape index (κ2) is 3.20. The summed E-state index contributed by atoms with van der Waals surface area (Å²) in [4.78, 5) is 15.7. The number of hydrogen-bond acceptors (Lipinski definition) is 2. The smallest absolute Gasteiger partial charge is 0.178 e. The standard InChI is InChI=1S/C10H9BrN2O/c1-6-10(7(2)14)13-8(11)4-3-5-9(13)12-6/h3-5H,1-2H3. The molecule has 2 heterocycles. The summed E-state index contributed by atoms with van der Waals surface area (Å²) in [7, 11) is 0. The van der Waals surface area contributed by atoms with Crippen molar-refractivity contribution >= 4 is 27.4 Å². The first kappa shape index (κ1) is 9.40. The van der Waals surface area contributed by atoms with Gasteiger partial charge in [0, 0.05) is 6.92 Å². The van der Waals surface area contributed by atoms with Crippen LogP contribution >= 0.6 is 15.9 Å². The summed E-state index contributed by atoms with van der Waals surface area (Å²) in [5, 5.41) is 0. The molecule has 0 aliphatic carbocycles. The molecule has 0 fully saturated rings. The molecule has 0 amide bonds. The third-order valence-electron chi connectivity index (χ3n) is 2.10. The first-order valence-corrected chi connectivity index (χ1v) is 5.05. The first-order chi connectivity index (χ1) is 6.61. The lowest BCUT2D eigenvalue weighted by Crippen LogP contribution is -2.01. The lowest BCUT2D eigenvalue weighted by atomic mass is 10.2. The van der Waals surface area contributed by atoms with Gasteiger partial charge in [0.15, 0.2) is 5.78 Å². The summed E-state index contributed by atoms with van der Waals surface area (Å²) in [6, 6.07) is 5.67. The van der Waals surface area contributed by atoms with Gasteiger partial charge in [-0.3, -0.25) is 9.20 Å². The van der Waals surface area contributed by atoms with Gasteiger partial charge in [0.2, 0.25) is 0 Å². The highest BCUT2D eigenvalue weighted by molar-refractivity contribution is 9.10. The molecule has 4 heteroatoms. The van der Waals surface area contributed by atoms with E-state index in [-0.39, 0.29) is 5.78 Å². The van der Waals surface area contributed by atoms with E-state index in [1.807, 2.05) is 29.5 Å². The van der Waals surface area contributed by atoms with Crippen molar-refractivity contribution in [2.24, 2.45) is 0 Å². The minimum Gasteiger partial charge on any atom is -0.293 e. The van der Waals surface area contributed by atoms with E-state index in [9.17, 15) is 4.79 Å². The molecule has 2 aromatic heterocycles. The number of pyridine rings is 1. The maximum Gasteiger partial charge on any atom is 0.178 e. The first-order valence-electron chi connectivity index (χ1n) is 4.26. The van der Waals surface area contributed by atoms with E-state index < -0.39 is 0 Å². The molecule has 0 radical (unpaired) electrons. The third-order valence-corrected chi connectivity index (χ3v) is 2.72. The third kappa shape index (κ3) is 1.26. The number of Topliss-reactive ketones (excluding diaryl/α,β-unsaturated/α-hetero) is 1. The Hall–Kier alpha value is -1.16. The summed E-state index contributed by atoms with van der Waals surface area (Å²) < 4.78 is 2.67. The predicted molar refractivity (Wildman–Crippen MR) is 57.6 cm³/mol. The zero-order valence-electron chi connectivity index (χ0n) is 7.91. The predicted octanol–water partition coefficient (Wildman–Crippen LogP) is 2.61. The molecular formula is C10H9BrN2O. The van der Waals surface area contributed by atoms with Crippen LogP contribution in [0.4, 0.5) is 0 Å². The molecule has 14 heavy (non-hydrogen) atoms. The van der Waals surface area contributed by atoms with Gasteiger partial charge in [0.25, 0.3) is 0 Å². The normalized spacial score (nSPS) is 10.8. The summed E-state index contributed by atoms with van der Waals surface area (Å²) in [5.74, 6) is 0.0295. The summed E-state index contributed by atoms with van der Waals surface area (Å²) in [6.45, 7) is 3.39. The van der Waals surface area contributed by atoms with Crippen molar-refractivity contribution < 1.29 is 4.79 Å². The lowest BCUT2D eigenvalue weighted by Gasteiger charge is -2.00. The molecule has 3 nitrogen and oxygen atoms in total. The minimum absolute atomic E-state index is 0.0295. The van der Waals surface area contributed by atoms with E-state index in [2.05, 4.69) is 20.9 Å². The van der Waals surface area contributed by atoms with Gasteiger partial charge in [0.1, 0.15) is 11.3 Å². The molecule has 72 valence electrons. The van der Waals surface area contributed by atoms with Gasteiger partial charge >= 0.3 is 0 Å². The van der Waals surface area contributed by atoms with Crippen LogP contribution < -0.4 is 0 Å². The Morgan fingerprint density at radius 1 is 1.50 bits per heavy atom. The maximum atomic E-state index is 11.4. The van der Waals surface area contributed by atoms with Crippen LogP contribution in [0.15, 0.2) is 22.8 Å². The van der Waals surface area contributed by atoms with Crippen LogP contribution in [0.2, 0.25) is 0 Å². The van der Waals surface area contributed by atoms with Gasteiger partial charge in [0.05, 0.1) is 10.3 Å². The maximum absolute atomic E-state index is 11.4. The second-order valence-electron chi connectivity index (χ2n) is 3.14. The summed E-state index contributed by atoms with van der Waals surface area (Å²) >= 11 is 3.40. The Bertz CT molecular complexity index is 516. The molecule has 0 unspecified atom stereocenters. The van der Waals surface area contributed by atoms with Crippen molar-refractivity contribution in [2.75, 3.05) is 0 Å². The number of nitrogens with zero attached hydrogens (tertiary/aromatic N) is 2. The van der Waals surface area contributed by atoms with Gasteiger partial charge in [-0.25, -0.2) is 4.98 Å². The topological polar surface area (TPSA) is 34.4 Å². The van der Waals surface area contributed by atoms with E-state index in [0.29, 0.717) is 5.69 Å². The highest BCUT2D eigenvalue weighted by atomic mass is 79.9. The number of aromatic nitrogens is 2. The Morgan fingerprint density at radius 3 is 2.86 bits per heavy atom. The van der Waals surface area contributed by atoms with Gasteiger partial charge in [-0.05, 0) is 35.0 Å². The highest BCUT2D eigenvalue weighted by Crippen LogP contribution is 2.19. The van der Waals surface area contributed by atoms with E-state index in [1.165, 1.54) is 0 Å². The Morgan fingerprint density at radius 2 is 2.21 bits per heavy atom. The quantitative estimate of drug-likeness (QED) is 0.578. The largest absolute Gasteiger partial charge is 0.293 e. The fourth-order valence-corrected chi connectivity index (χ4v) is 2.09. The van der Waals surface area contributed by atoms with Crippen LogP contribution in [0, 0.1) is 6.92 Å². The zero-order chi connectivity index (χ0) is 10.3. The monoisotopic (exact) mass is 252 g/mol. The van der Waals surface area contributed by atoms with Crippen LogP contribution in [-0.2, 0) is 0 Å². The van der Waals surface area contributed by atoms with E-state index in [0.717, 1.165) is 15.9 Å². The number of imidazole rings is 1. The van der Waals surface area contributed by atoms with Crippen LogP contribution in [-0.4, -0.2) is 15.2 Å². The molecule has 0 saturated carbocycles. The van der Waals surface area contributed by atoms with E-state index in [4.69, 9.17) is 0 Å². The minimum atomic E-state index is 0.0295. The molecule has 0 aliphatic heterocycles. The van der Waals surface area contributed by atoms with Crippen LogP contribution in [0.1, 0.15) is 23.1 Å². The second-order valence-corrected chi connectivity index (χ2v) is 3.96. The van der Waals surface area contributed by atoms with Crippen molar-refractivity contribution in [3.63, 3.8) is 0 Å². The molecule has 0 atom stereocenters. The van der Waals surface area contributed by atoms with Crippen LogP contribution in [0.3, 0.4) is 0 Å². The van der Waals surface area contributed by atoms with Crippen molar-refractivity contribution in [2.45, 2.75) is 13.8 Å². The van der Waals surface area contributed by atoms with Gasteiger partial charge < -0.3 is 0 Å². The molecule has 2 rings (SSSR count). The lowest BCUT2D eigenvalue weighted by molar-refractivity contribution is 0.101. The van der Waals surface area contributed by atoms with Crippen molar-refractivity contribution in [3.8, 4) is 0 Å². The molecule has 0 N–H and O–H groups in total. The molecular weight excluding hydrogens is 244 g/mol. The number of halogens is 1.